The molecule has 2 aliphatic rings. The largest absolute Gasteiger partial charge is 0.497 e. The van der Waals surface area contributed by atoms with Crippen LogP contribution in [0.1, 0.15) is 73.1 Å². The van der Waals surface area contributed by atoms with Crippen molar-refractivity contribution in [2.24, 2.45) is 0 Å². The molecule has 34 heavy (non-hydrogen) atoms. The Labute approximate surface area is 204 Å². The van der Waals surface area contributed by atoms with Gasteiger partial charge in [-0.3, -0.25) is 4.90 Å². The van der Waals surface area contributed by atoms with Crippen LogP contribution in [0.5, 0.6) is 11.5 Å². The summed E-state index contributed by atoms with van der Waals surface area (Å²) < 4.78 is 11.8. The van der Waals surface area contributed by atoms with Gasteiger partial charge < -0.3 is 9.47 Å². The maximum absolute atomic E-state index is 6.34. The van der Waals surface area contributed by atoms with Crippen molar-refractivity contribution in [2.45, 2.75) is 63.5 Å². The number of nitrogens with zero attached hydrogens (tertiary/aromatic N) is 1. The molecule has 0 spiro atoms. The molecule has 0 aromatic heterocycles. The SMILES string of the molecule is COc1ccc(C(c2ccc(OC(C)N3CCCCC3)cc2)C2CCCc3ccccc32)cc1. The Morgan fingerprint density at radius 1 is 0.765 bits per heavy atom. The summed E-state index contributed by atoms with van der Waals surface area (Å²) in [4.78, 5) is 2.45. The molecule has 0 amide bonds. The predicted molar refractivity (Wildman–Crippen MR) is 139 cm³/mol. The summed E-state index contributed by atoms with van der Waals surface area (Å²) in [6.07, 6.45) is 7.64. The van der Waals surface area contributed by atoms with E-state index in [1.807, 2.05) is 0 Å². The molecular weight excluding hydrogens is 418 g/mol. The minimum atomic E-state index is 0.119. The number of fused-ring (bicyclic) bond motifs is 1. The van der Waals surface area contributed by atoms with Crippen LogP contribution in [-0.4, -0.2) is 31.3 Å². The highest BCUT2D eigenvalue weighted by atomic mass is 16.5. The van der Waals surface area contributed by atoms with Gasteiger partial charge in [-0.15, -0.1) is 0 Å². The molecule has 0 radical (unpaired) electrons. The van der Waals surface area contributed by atoms with Crippen LogP contribution in [0.25, 0.3) is 0 Å². The fraction of sp³-hybridized carbons (Fsp3) is 0.419. The van der Waals surface area contributed by atoms with Gasteiger partial charge in [0.1, 0.15) is 17.7 Å². The Morgan fingerprint density at radius 2 is 1.41 bits per heavy atom. The van der Waals surface area contributed by atoms with Gasteiger partial charge in [-0.05, 0) is 91.5 Å². The van der Waals surface area contributed by atoms with E-state index in [9.17, 15) is 0 Å². The Hall–Kier alpha value is -2.78. The normalized spacial score (nSPS) is 20.2. The third kappa shape index (κ3) is 5.00. The summed E-state index contributed by atoms with van der Waals surface area (Å²) >= 11 is 0. The molecule has 5 rings (SSSR count). The highest BCUT2D eigenvalue weighted by Crippen LogP contribution is 2.45. The highest BCUT2D eigenvalue weighted by molar-refractivity contribution is 5.44. The molecule has 1 aliphatic heterocycles. The van der Waals surface area contributed by atoms with Gasteiger partial charge in [0, 0.05) is 19.0 Å². The summed E-state index contributed by atoms with van der Waals surface area (Å²) in [5.74, 6) is 2.64. The molecule has 0 N–H and O–H groups in total. The third-order valence-electron chi connectivity index (χ3n) is 7.74. The molecule has 3 atom stereocenters. The Kier molecular flexibility index (Phi) is 7.20. The van der Waals surface area contributed by atoms with Crippen molar-refractivity contribution < 1.29 is 9.47 Å². The maximum atomic E-state index is 6.34. The molecule has 0 saturated carbocycles. The second kappa shape index (κ2) is 10.7. The molecule has 3 unspecified atom stereocenters. The molecule has 1 fully saturated rings. The number of benzene rings is 3. The highest BCUT2D eigenvalue weighted by Gasteiger charge is 2.30. The molecule has 1 heterocycles. The van der Waals surface area contributed by atoms with Crippen molar-refractivity contribution in [3.63, 3.8) is 0 Å². The van der Waals surface area contributed by atoms with E-state index in [0.717, 1.165) is 24.6 Å². The quantitative estimate of drug-likeness (QED) is 0.377. The standard InChI is InChI=1S/C31H37NO2/c1-23(32-21-6-3-7-22-32)34-28-19-15-26(16-20-28)31(25-13-17-27(33-2)18-14-25)30-12-8-10-24-9-4-5-11-29(24)30/h4-5,9,11,13-20,23,30-31H,3,6-8,10,12,21-22H2,1-2H3. The minimum Gasteiger partial charge on any atom is -0.497 e. The average molecular weight is 456 g/mol. The van der Waals surface area contributed by atoms with E-state index in [0.29, 0.717) is 11.8 Å². The molecule has 3 heteroatoms. The molecule has 3 aromatic carbocycles. The first-order valence-electron chi connectivity index (χ1n) is 13.0. The Bertz CT molecular complexity index is 1050. The van der Waals surface area contributed by atoms with E-state index in [4.69, 9.17) is 9.47 Å². The number of likely N-dealkylation sites (tertiary alicyclic amines) is 1. The van der Waals surface area contributed by atoms with E-state index in [2.05, 4.69) is 84.6 Å². The molecule has 3 nitrogen and oxygen atoms in total. The van der Waals surface area contributed by atoms with Gasteiger partial charge in [0.15, 0.2) is 0 Å². The maximum Gasteiger partial charge on any atom is 0.149 e. The van der Waals surface area contributed by atoms with Crippen LogP contribution in [0.15, 0.2) is 72.8 Å². The second-order valence-corrected chi connectivity index (χ2v) is 9.83. The lowest BCUT2D eigenvalue weighted by Crippen LogP contribution is -2.40. The smallest absolute Gasteiger partial charge is 0.149 e. The van der Waals surface area contributed by atoms with E-state index in [1.165, 1.54) is 60.8 Å². The van der Waals surface area contributed by atoms with Crippen molar-refractivity contribution >= 4 is 0 Å². The van der Waals surface area contributed by atoms with Crippen LogP contribution in [0.3, 0.4) is 0 Å². The number of hydrogen-bond donors (Lipinski definition) is 0. The number of hydrogen-bond acceptors (Lipinski definition) is 3. The number of ether oxygens (including phenoxy) is 2. The molecule has 1 aliphatic carbocycles. The summed E-state index contributed by atoms with van der Waals surface area (Å²) in [6, 6.07) is 26.6. The van der Waals surface area contributed by atoms with Crippen molar-refractivity contribution in [3.8, 4) is 11.5 Å². The third-order valence-corrected chi connectivity index (χ3v) is 7.74. The van der Waals surface area contributed by atoms with Gasteiger partial charge in [0.05, 0.1) is 7.11 Å². The van der Waals surface area contributed by atoms with Crippen LogP contribution in [0, 0.1) is 0 Å². The summed E-state index contributed by atoms with van der Waals surface area (Å²) in [5.41, 5.74) is 5.71. The fourth-order valence-electron chi connectivity index (χ4n) is 5.91. The summed E-state index contributed by atoms with van der Waals surface area (Å²) in [5, 5.41) is 0. The summed E-state index contributed by atoms with van der Waals surface area (Å²) in [6.45, 7) is 4.46. The van der Waals surface area contributed by atoms with Crippen LogP contribution in [0.4, 0.5) is 0 Å². The van der Waals surface area contributed by atoms with Crippen LogP contribution >= 0.6 is 0 Å². The molecule has 1 saturated heterocycles. The van der Waals surface area contributed by atoms with Crippen LogP contribution < -0.4 is 9.47 Å². The van der Waals surface area contributed by atoms with Gasteiger partial charge in [-0.25, -0.2) is 0 Å². The fourth-order valence-corrected chi connectivity index (χ4v) is 5.91. The van der Waals surface area contributed by atoms with Gasteiger partial charge >= 0.3 is 0 Å². The first-order chi connectivity index (χ1) is 16.7. The first-order valence-corrected chi connectivity index (χ1v) is 13.0. The Morgan fingerprint density at radius 3 is 2.09 bits per heavy atom. The van der Waals surface area contributed by atoms with Gasteiger partial charge in [0.2, 0.25) is 0 Å². The molecule has 178 valence electrons. The number of rotatable bonds is 7. The monoisotopic (exact) mass is 455 g/mol. The zero-order chi connectivity index (χ0) is 23.3. The molecule has 0 bridgehead atoms. The van der Waals surface area contributed by atoms with Gasteiger partial charge in [-0.1, -0.05) is 55.0 Å². The van der Waals surface area contributed by atoms with Crippen LogP contribution in [0.2, 0.25) is 0 Å². The van der Waals surface area contributed by atoms with E-state index < -0.39 is 0 Å². The Balaban J connectivity index is 1.43. The van der Waals surface area contributed by atoms with Gasteiger partial charge in [0.25, 0.3) is 0 Å². The molecular formula is C31H37NO2. The number of aryl methyl sites for hydroxylation is 1. The van der Waals surface area contributed by atoms with Gasteiger partial charge in [-0.2, -0.15) is 0 Å². The predicted octanol–water partition coefficient (Wildman–Crippen LogP) is 7.16. The van der Waals surface area contributed by atoms with E-state index in [1.54, 1.807) is 7.11 Å². The summed E-state index contributed by atoms with van der Waals surface area (Å²) in [7, 11) is 1.73. The molecule has 3 aromatic rings. The van der Waals surface area contributed by atoms with Crippen LogP contribution in [-0.2, 0) is 6.42 Å². The lowest BCUT2D eigenvalue weighted by molar-refractivity contribution is 0.0262. The number of piperidine rings is 1. The van der Waals surface area contributed by atoms with Crippen molar-refractivity contribution in [1.82, 2.24) is 4.90 Å². The topological polar surface area (TPSA) is 21.7 Å². The zero-order valence-electron chi connectivity index (χ0n) is 20.6. The van der Waals surface area contributed by atoms with Crippen molar-refractivity contribution in [1.29, 1.82) is 0 Å². The average Bonchev–Trinajstić information content (AvgIpc) is 2.91. The lowest BCUT2D eigenvalue weighted by Gasteiger charge is -2.34. The van der Waals surface area contributed by atoms with E-state index >= 15 is 0 Å². The minimum absolute atomic E-state index is 0.119. The second-order valence-electron chi connectivity index (χ2n) is 9.83. The zero-order valence-corrected chi connectivity index (χ0v) is 20.6. The number of methoxy groups -OCH3 is 1. The lowest BCUT2D eigenvalue weighted by atomic mass is 9.71. The van der Waals surface area contributed by atoms with E-state index in [-0.39, 0.29) is 6.23 Å². The first kappa shape index (κ1) is 23.0. The van der Waals surface area contributed by atoms with Crippen molar-refractivity contribution in [3.05, 3.63) is 95.1 Å². The van der Waals surface area contributed by atoms with Crippen molar-refractivity contribution in [2.75, 3.05) is 20.2 Å².